The summed E-state index contributed by atoms with van der Waals surface area (Å²) in [5.41, 5.74) is 2.24. The molecule has 0 saturated heterocycles. The second kappa shape index (κ2) is 9.68. The van der Waals surface area contributed by atoms with E-state index in [0.717, 1.165) is 11.6 Å². The molecule has 12 heteroatoms. The Balaban J connectivity index is 1.35. The van der Waals surface area contributed by atoms with Crippen molar-refractivity contribution in [2.45, 2.75) is 11.4 Å². The van der Waals surface area contributed by atoms with Crippen LogP contribution in [0.4, 0.5) is 15.8 Å². The zero-order valence-electron chi connectivity index (χ0n) is 19.4. The summed E-state index contributed by atoms with van der Waals surface area (Å²) in [5, 5.41) is 11.6. The molecule has 5 aromatic rings. The summed E-state index contributed by atoms with van der Waals surface area (Å²) in [5.74, 6) is -1.07. The van der Waals surface area contributed by atoms with Crippen molar-refractivity contribution < 1.29 is 17.6 Å². The van der Waals surface area contributed by atoms with Gasteiger partial charge in [0, 0.05) is 24.3 Å². The number of halogens is 2. The first-order chi connectivity index (χ1) is 17.7. The molecule has 0 spiro atoms. The Morgan fingerprint density at radius 2 is 1.81 bits per heavy atom. The van der Waals surface area contributed by atoms with Crippen molar-refractivity contribution in [1.82, 2.24) is 19.6 Å². The van der Waals surface area contributed by atoms with Crippen molar-refractivity contribution in [3.05, 3.63) is 101 Å². The first-order valence-corrected chi connectivity index (χ1v) is 12.9. The molecule has 0 fully saturated rings. The van der Waals surface area contributed by atoms with E-state index in [1.54, 1.807) is 23.9 Å². The number of benzene rings is 3. The zero-order valence-corrected chi connectivity index (χ0v) is 21.0. The summed E-state index contributed by atoms with van der Waals surface area (Å²) in [6.07, 6.45) is 2.74. The second-order valence-corrected chi connectivity index (χ2v) is 10.3. The lowest BCUT2D eigenvalue weighted by atomic mass is 10.2. The minimum atomic E-state index is -3.91. The van der Waals surface area contributed by atoms with Crippen LogP contribution < -0.4 is 10.0 Å². The minimum Gasteiger partial charge on any atom is -0.321 e. The Kier molecular flexibility index (Phi) is 6.40. The molecule has 0 aliphatic carbocycles. The van der Waals surface area contributed by atoms with Gasteiger partial charge < -0.3 is 5.32 Å². The van der Waals surface area contributed by atoms with Crippen LogP contribution in [0.25, 0.3) is 10.9 Å². The average molecular weight is 539 g/mol. The summed E-state index contributed by atoms with van der Waals surface area (Å²) >= 11 is 5.80. The lowest BCUT2D eigenvalue weighted by Crippen LogP contribution is -2.16. The number of aryl methyl sites for hydroxylation is 1. The van der Waals surface area contributed by atoms with Crippen LogP contribution in [-0.2, 0) is 23.6 Å². The van der Waals surface area contributed by atoms with Crippen molar-refractivity contribution >= 4 is 49.8 Å². The third-order valence-electron chi connectivity index (χ3n) is 5.59. The minimum absolute atomic E-state index is 0.0163. The topological polar surface area (TPSA) is 111 Å². The molecule has 0 unspecified atom stereocenters. The molecule has 0 aliphatic heterocycles. The van der Waals surface area contributed by atoms with E-state index in [-0.39, 0.29) is 21.3 Å². The summed E-state index contributed by atoms with van der Waals surface area (Å²) in [6, 6.07) is 18.1. The van der Waals surface area contributed by atoms with Crippen LogP contribution in [0.15, 0.2) is 84.0 Å². The summed E-state index contributed by atoms with van der Waals surface area (Å²) in [7, 11) is -2.32. The maximum absolute atomic E-state index is 13.4. The number of amides is 1. The number of nitrogens with zero attached hydrogens (tertiary/aromatic N) is 4. The monoisotopic (exact) mass is 538 g/mol. The molecular formula is C25H20ClFN6O3S. The van der Waals surface area contributed by atoms with Gasteiger partial charge in [-0.3, -0.25) is 18.9 Å². The number of carbonyl (C=O) groups excluding carboxylic acids is 1. The number of anilines is 2. The van der Waals surface area contributed by atoms with Crippen molar-refractivity contribution in [3.8, 4) is 0 Å². The van der Waals surface area contributed by atoms with Gasteiger partial charge in [0.1, 0.15) is 16.4 Å². The standard InChI is InChI=1S/C25H20ClFN6O3S/c1-32-24(25(34)29-17-8-10-22(27)21(26)11-17)20-9-7-18(12-23(20)30-32)31-37(35,36)19-13-28-33(15-19)14-16-5-3-2-4-6-16/h2-13,15,31H,14H2,1H3,(H,29,34). The fourth-order valence-corrected chi connectivity index (χ4v) is 5.03. The molecule has 9 nitrogen and oxygen atoms in total. The lowest BCUT2D eigenvalue weighted by Gasteiger charge is -2.08. The van der Waals surface area contributed by atoms with E-state index in [1.165, 1.54) is 35.3 Å². The molecule has 2 N–H and O–H groups in total. The number of hydrogen-bond donors (Lipinski definition) is 2. The smallest absolute Gasteiger partial charge is 0.274 e. The summed E-state index contributed by atoms with van der Waals surface area (Å²) in [6.45, 7) is 0.436. The molecule has 188 valence electrons. The number of rotatable bonds is 7. The van der Waals surface area contributed by atoms with E-state index in [1.807, 2.05) is 30.3 Å². The molecule has 0 atom stereocenters. The fraction of sp³-hybridized carbons (Fsp3) is 0.0800. The zero-order chi connectivity index (χ0) is 26.2. The Morgan fingerprint density at radius 3 is 2.57 bits per heavy atom. The van der Waals surface area contributed by atoms with Crippen LogP contribution in [0.1, 0.15) is 16.1 Å². The number of fused-ring (bicyclic) bond motifs is 1. The Hall–Kier alpha value is -4.22. The number of hydrogen-bond acceptors (Lipinski definition) is 5. The molecule has 3 aromatic carbocycles. The van der Waals surface area contributed by atoms with Gasteiger partial charge in [0.15, 0.2) is 0 Å². The number of nitrogens with one attached hydrogen (secondary N) is 2. The molecule has 0 radical (unpaired) electrons. The Morgan fingerprint density at radius 1 is 1.05 bits per heavy atom. The van der Waals surface area contributed by atoms with Gasteiger partial charge in [-0.05, 0) is 42.0 Å². The van der Waals surface area contributed by atoms with E-state index in [9.17, 15) is 17.6 Å². The number of aromatic nitrogens is 4. The summed E-state index contributed by atoms with van der Waals surface area (Å²) in [4.78, 5) is 12.9. The van der Waals surface area contributed by atoms with Crippen LogP contribution in [0.5, 0.6) is 0 Å². The van der Waals surface area contributed by atoms with Gasteiger partial charge in [0.25, 0.3) is 15.9 Å². The average Bonchev–Trinajstić information content (AvgIpc) is 3.45. The third kappa shape index (κ3) is 5.18. The first kappa shape index (κ1) is 24.5. The Bertz CT molecular complexity index is 1730. The highest BCUT2D eigenvalue weighted by molar-refractivity contribution is 7.92. The second-order valence-electron chi connectivity index (χ2n) is 8.25. The van der Waals surface area contributed by atoms with Gasteiger partial charge >= 0.3 is 0 Å². The van der Waals surface area contributed by atoms with Gasteiger partial charge in [0.2, 0.25) is 0 Å². The van der Waals surface area contributed by atoms with Crippen molar-refractivity contribution in [3.63, 3.8) is 0 Å². The van der Waals surface area contributed by atoms with E-state index in [2.05, 4.69) is 20.2 Å². The van der Waals surface area contributed by atoms with Gasteiger partial charge in [-0.15, -0.1) is 0 Å². The molecule has 37 heavy (non-hydrogen) atoms. The maximum Gasteiger partial charge on any atom is 0.274 e. The van der Waals surface area contributed by atoms with Gasteiger partial charge in [-0.2, -0.15) is 10.2 Å². The summed E-state index contributed by atoms with van der Waals surface area (Å²) < 4.78 is 44.8. The predicted octanol–water partition coefficient (Wildman–Crippen LogP) is 4.66. The van der Waals surface area contributed by atoms with Crippen molar-refractivity contribution in [2.75, 3.05) is 10.0 Å². The first-order valence-electron chi connectivity index (χ1n) is 11.0. The van der Waals surface area contributed by atoms with E-state index in [0.29, 0.717) is 23.1 Å². The van der Waals surface area contributed by atoms with Gasteiger partial charge in [0.05, 0.1) is 29.0 Å². The third-order valence-corrected chi connectivity index (χ3v) is 7.21. The molecule has 5 rings (SSSR count). The molecule has 1 amide bonds. The molecule has 0 bridgehead atoms. The molecule has 2 aromatic heterocycles. The molecule has 0 saturated carbocycles. The number of sulfonamides is 1. The van der Waals surface area contributed by atoms with Gasteiger partial charge in [-0.25, -0.2) is 12.8 Å². The van der Waals surface area contributed by atoms with E-state index >= 15 is 0 Å². The molecule has 0 aliphatic rings. The predicted molar refractivity (Wildman–Crippen MR) is 139 cm³/mol. The Labute approximate surface area is 216 Å². The van der Waals surface area contributed by atoms with Crippen molar-refractivity contribution in [1.29, 1.82) is 0 Å². The van der Waals surface area contributed by atoms with E-state index < -0.39 is 21.7 Å². The SMILES string of the molecule is Cn1nc2cc(NS(=O)(=O)c3cnn(Cc4ccccc4)c3)ccc2c1C(=O)Nc1ccc(F)c(Cl)c1. The van der Waals surface area contributed by atoms with Crippen LogP contribution in [0.2, 0.25) is 5.02 Å². The lowest BCUT2D eigenvalue weighted by molar-refractivity contribution is 0.101. The quantitative estimate of drug-likeness (QED) is 0.313. The van der Waals surface area contributed by atoms with Crippen LogP contribution in [-0.4, -0.2) is 33.9 Å². The van der Waals surface area contributed by atoms with Crippen LogP contribution in [0.3, 0.4) is 0 Å². The van der Waals surface area contributed by atoms with Crippen LogP contribution in [0, 0.1) is 5.82 Å². The van der Waals surface area contributed by atoms with Crippen LogP contribution >= 0.6 is 11.6 Å². The van der Waals surface area contributed by atoms with E-state index in [4.69, 9.17) is 11.6 Å². The highest BCUT2D eigenvalue weighted by atomic mass is 35.5. The van der Waals surface area contributed by atoms with Gasteiger partial charge in [-0.1, -0.05) is 41.9 Å². The van der Waals surface area contributed by atoms with Crippen molar-refractivity contribution in [2.24, 2.45) is 7.05 Å². The molecular weight excluding hydrogens is 519 g/mol. The highest BCUT2D eigenvalue weighted by Crippen LogP contribution is 2.25. The highest BCUT2D eigenvalue weighted by Gasteiger charge is 2.20. The normalized spacial score (nSPS) is 11.5. The maximum atomic E-state index is 13.4. The number of carbonyl (C=O) groups is 1. The largest absolute Gasteiger partial charge is 0.321 e. The fourth-order valence-electron chi connectivity index (χ4n) is 3.85. The molecule has 2 heterocycles.